The molecule has 0 aromatic heterocycles. The first-order chi connectivity index (χ1) is 13.6. The maximum atomic E-state index is 13.3. The van der Waals surface area contributed by atoms with Crippen LogP contribution < -0.4 is 10.1 Å². The van der Waals surface area contributed by atoms with Gasteiger partial charge >= 0.3 is 6.03 Å². The molecule has 0 radical (unpaired) electrons. The standard InChI is InChI=1S/C22H28FN3O2.ClH/c1-3-4-21(17-5-7-18(23)8-6-17)25-13-15-26(16-14-25)22(27)24-19-9-11-20(28-2)12-10-19;/h5-12,21H,3-4,13-16H2,1-2H3,(H,24,27);1H. The molecule has 2 amide bonds. The number of nitrogens with zero attached hydrogens (tertiary/aromatic N) is 2. The molecule has 158 valence electrons. The zero-order valence-corrected chi connectivity index (χ0v) is 17.8. The summed E-state index contributed by atoms with van der Waals surface area (Å²) < 4.78 is 18.4. The van der Waals surface area contributed by atoms with Gasteiger partial charge in [-0.1, -0.05) is 25.5 Å². The summed E-state index contributed by atoms with van der Waals surface area (Å²) in [7, 11) is 1.62. The number of carbonyl (C=O) groups excluding carboxylic acids is 1. The van der Waals surface area contributed by atoms with E-state index in [-0.39, 0.29) is 30.3 Å². The maximum absolute atomic E-state index is 13.3. The van der Waals surface area contributed by atoms with Gasteiger partial charge in [0, 0.05) is 37.9 Å². The van der Waals surface area contributed by atoms with Crippen LogP contribution in [0.4, 0.5) is 14.9 Å². The Morgan fingerprint density at radius 2 is 1.69 bits per heavy atom. The van der Waals surface area contributed by atoms with Crippen LogP contribution in [-0.2, 0) is 0 Å². The summed E-state index contributed by atoms with van der Waals surface area (Å²) in [6.07, 6.45) is 2.07. The van der Waals surface area contributed by atoms with Crippen LogP contribution in [-0.4, -0.2) is 49.1 Å². The van der Waals surface area contributed by atoms with Crippen LogP contribution in [0.15, 0.2) is 48.5 Å². The van der Waals surface area contributed by atoms with E-state index in [4.69, 9.17) is 4.74 Å². The van der Waals surface area contributed by atoms with Gasteiger partial charge in [-0.05, 0) is 48.4 Å². The predicted molar refractivity (Wildman–Crippen MR) is 116 cm³/mol. The van der Waals surface area contributed by atoms with Crippen molar-refractivity contribution in [3.05, 3.63) is 59.9 Å². The minimum absolute atomic E-state index is 0. The van der Waals surface area contributed by atoms with Crippen LogP contribution in [0.1, 0.15) is 31.4 Å². The number of urea groups is 1. The molecule has 0 bridgehead atoms. The molecule has 0 aliphatic carbocycles. The predicted octanol–water partition coefficient (Wildman–Crippen LogP) is 4.95. The quantitative estimate of drug-likeness (QED) is 0.717. The van der Waals surface area contributed by atoms with Crippen molar-refractivity contribution in [2.24, 2.45) is 0 Å². The number of ether oxygens (including phenoxy) is 1. The van der Waals surface area contributed by atoms with E-state index in [1.807, 2.05) is 41.3 Å². The van der Waals surface area contributed by atoms with Crippen LogP contribution in [0, 0.1) is 5.82 Å². The molecule has 1 heterocycles. The van der Waals surface area contributed by atoms with E-state index in [0.29, 0.717) is 13.1 Å². The third-order valence-corrected chi connectivity index (χ3v) is 5.20. The fourth-order valence-electron chi connectivity index (χ4n) is 3.63. The summed E-state index contributed by atoms with van der Waals surface area (Å²) in [5.74, 6) is 0.549. The van der Waals surface area contributed by atoms with Gasteiger partial charge in [0.2, 0.25) is 0 Å². The number of methoxy groups -OCH3 is 1. The summed E-state index contributed by atoms with van der Waals surface area (Å²) in [6.45, 7) is 5.11. The summed E-state index contributed by atoms with van der Waals surface area (Å²) in [5.41, 5.74) is 1.89. The Morgan fingerprint density at radius 1 is 1.07 bits per heavy atom. The second-order valence-electron chi connectivity index (χ2n) is 7.04. The van der Waals surface area contributed by atoms with E-state index in [2.05, 4.69) is 17.1 Å². The van der Waals surface area contributed by atoms with Crippen molar-refractivity contribution in [3.63, 3.8) is 0 Å². The molecular weight excluding hydrogens is 393 g/mol. The molecular formula is C22H29ClFN3O2. The maximum Gasteiger partial charge on any atom is 0.321 e. The largest absolute Gasteiger partial charge is 0.497 e. The number of carbonyl (C=O) groups is 1. The molecule has 1 fully saturated rings. The van der Waals surface area contributed by atoms with Crippen LogP contribution in [0.3, 0.4) is 0 Å². The lowest BCUT2D eigenvalue weighted by Gasteiger charge is -2.39. The average Bonchev–Trinajstić information content (AvgIpc) is 2.73. The Morgan fingerprint density at radius 3 is 2.24 bits per heavy atom. The summed E-state index contributed by atoms with van der Waals surface area (Å²) in [4.78, 5) is 16.8. The molecule has 2 aromatic rings. The third kappa shape index (κ3) is 6.08. The van der Waals surface area contributed by atoms with E-state index in [1.54, 1.807) is 7.11 Å². The summed E-state index contributed by atoms with van der Waals surface area (Å²) in [5, 5.41) is 2.94. The molecule has 0 spiro atoms. The topological polar surface area (TPSA) is 44.8 Å². The van der Waals surface area contributed by atoms with Crippen LogP contribution in [0.5, 0.6) is 5.75 Å². The van der Waals surface area contributed by atoms with Gasteiger partial charge in [0.15, 0.2) is 0 Å². The highest BCUT2D eigenvalue weighted by Crippen LogP contribution is 2.27. The molecule has 1 aliphatic rings. The first-order valence-electron chi connectivity index (χ1n) is 9.80. The van der Waals surface area contributed by atoms with Gasteiger partial charge in [-0.25, -0.2) is 9.18 Å². The van der Waals surface area contributed by atoms with E-state index < -0.39 is 0 Å². The number of rotatable bonds is 6. The first-order valence-corrected chi connectivity index (χ1v) is 9.80. The van der Waals surface area contributed by atoms with Crippen LogP contribution in [0.2, 0.25) is 0 Å². The van der Waals surface area contributed by atoms with E-state index >= 15 is 0 Å². The molecule has 0 saturated carbocycles. The van der Waals surface area contributed by atoms with Crippen molar-refractivity contribution < 1.29 is 13.9 Å². The molecule has 1 aliphatic heterocycles. The molecule has 7 heteroatoms. The van der Waals surface area contributed by atoms with Gasteiger partial charge < -0.3 is 15.0 Å². The fourth-order valence-corrected chi connectivity index (χ4v) is 3.63. The summed E-state index contributed by atoms with van der Waals surface area (Å²) >= 11 is 0. The SMILES string of the molecule is CCCC(c1ccc(F)cc1)N1CCN(C(=O)Nc2ccc(OC)cc2)CC1.Cl. The normalized spacial score (nSPS) is 15.3. The molecule has 1 saturated heterocycles. The minimum atomic E-state index is -0.209. The number of amides is 2. The zero-order chi connectivity index (χ0) is 19.9. The smallest absolute Gasteiger partial charge is 0.321 e. The number of hydrogen-bond acceptors (Lipinski definition) is 3. The summed E-state index contributed by atoms with van der Waals surface area (Å²) in [6, 6.07) is 14.3. The number of anilines is 1. The van der Waals surface area contributed by atoms with Crippen molar-refractivity contribution >= 4 is 24.1 Å². The number of halogens is 2. The van der Waals surface area contributed by atoms with E-state index in [9.17, 15) is 9.18 Å². The van der Waals surface area contributed by atoms with E-state index in [0.717, 1.165) is 42.9 Å². The second-order valence-corrected chi connectivity index (χ2v) is 7.04. The zero-order valence-electron chi connectivity index (χ0n) is 16.9. The Balaban J connectivity index is 0.00000300. The number of benzene rings is 2. The Bertz CT molecular complexity index is 763. The highest BCUT2D eigenvalue weighted by Gasteiger charge is 2.26. The Hall–Kier alpha value is -2.31. The van der Waals surface area contributed by atoms with E-state index in [1.165, 1.54) is 12.1 Å². The third-order valence-electron chi connectivity index (χ3n) is 5.20. The second kappa shape index (κ2) is 11.0. The first kappa shape index (κ1) is 23.0. The van der Waals surface area contributed by atoms with Crippen LogP contribution in [0.25, 0.3) is 0 Å². The molecule has 29 heavy (non-hydrogen) atoms. The number of hydrogen-bond donors (Lipinski definition) is 1. The lowest BCUT2D eigenvalue weighted by Crippen LogP contribution is -2.50. The lowest BCUT2D eigenvalue weighted by molar-refractivity contribution is 0.108. The van der Waals surface area contributed by atoms with Crippen LogP contribution >= 0.6 is 12.4 Å². The van der Waals surface area contributed by atoms with Gasteiger partial charge in [0.05, 0.1) is 7.11 Å². The number of piperazine rings is 1. The van der Waals surface area contributed by atoms with Gasteiger partial charge in [-0.3, -0.25) is 4.90 Å². The molecule has 1 unspecified atom stereocenters. The highest BCUT2D eigenvalue weighted by molar-refractivity contribution is 5.89. The Labute approximate surface area is 178 Å². The highest BCUT2D eigenvalue weighted by atomic mass is 35.5. The molecule has 1 atom stereocenters. The lowest BCUT2D eigenvalue weighted by atomic mass is 10.00. The monoisotopic (exact) mass is 421 g/mol. The average molecular weight is 422 g/mol. The fraction of sp³-hybridized carbons (Fsp3) is 0.409. The van der Waals surface area contributed by atoms with Crippen molar-refractivity contribution in [1.29, 1.82) is 0 Å². The van der Waals surface area contributed by atoms with Crippen molar-refractivity contribution in [3.8, 4) is 5.75 Å². The van der Waals surface area contributed by atoms with Gasteiger partial charge in [-0.2, -0.15) is 0 Å². The number of nitrogens with one attached hydrogen (secondary N) is 1. The van der Waals surface area contributed by atoms with Crippen molar-refractivity contribution in [2.45, 2.75) is 25.8 Å². The molecule has 2 aromatic carbocycles. The molecule has 5 nitrogen and oxygen atoms in total. The Kier molecular flexibility index (Phi) is 8.73. The molecule has 3 rings (SSSR count). The van der Waals surface area contributed by atoms with Gasteiger partial charge in [0.25, 0.3) is 0 Å². The molecule has 1 N–H and O–H groups in total. The van der Waals surface area contributed by atoms with Gasteiger partial charge in [-0.15, -0.1) is 12.4 Å². The van der Waals surface area contributed by atoms with Crippen molar-refractivity contribution in [2.75, 3.05) is 38.6 Å². The van der Waals surface area contributed by atoms with Crippen molar-refractivity contribution in [1.82, 2.24) is 9.80 Å². The minimum Gasteiger partial charge on any atom is -0.497 e. The van der Waals surface area contributed by atoms with Gasteiger partial charge in [0.1, 0.15) is 11.6 Å².